The molecule has 0 saturated carbocycles. The van der Waals surface area contributed by atoms with Crippen molar-refractivity contribution in [1.29, 1.82) is 0 Å². The number of benzene rings is 4. The fourth-order valence-corrected chi connectivity index (χ4v) is 4.88. The van der Waals surface area contributed by atoms with E-state index in [0.29, 0.717) is 17.5 Å². The lowest BCUT2D eigenvalue weighted by atomic mass is 9.61. The zero-order valence-electron chi connectivity index (χ0n) is 16.8. The van der Waals surface area contributed by atoms with E-state index in [2.05, 4.69) is 72.8 Å². The Morgan fingerprint density at radius 2 is 0.935 bits per heavy atom. The molecule has 0 unspecified atom stereocenters. The van der Waals surface area contributed by atoms with Gasteiger partial charge in [-0.05, 0) is 45.5 Å². The van der Waals surface area contributed by atoms with Crippen LogP contribution in [-0.2, 0) is 0 Å². The van der Waals surface area contributed by atoms with Crippen molar-refractivity contribution in [3.8, 4) is 0 Å². The molecule has 31 heavy (non-hydrogen) atoms. The van der Waals surface area contributed by atoms with Gasteiger partial charge in [-0.25, -0.2) is 4.79 Å². The van der Waals surface area contributed by atoms with Gasteiger partial charge in [0.25, 0.3) is 0 Å². The number of anilines is 2. The first-order valence-corrected chi connectivity index (χ1v) is 10.2. The molecule has 3 aliphatic rings. The molecule has 0 atom stereocenters. The Morgan fingerprint density at radius 1 is 0.581 bits per heavy atom. The van der Waals surface area contributed by atoms with E-state index >= 15 is 0 Å². The van der Waals surface area contributed by atoms with Gasteiger partial charge in [0.05, 0.1) is 16.9 Å². The van der Waals surface area contributed by atoms with Crippen molar-refractivity contribution >= 4 is 17.3 Å². The topological polar surface area (TPSA) is 89.3 Å². The number of nitrogens with two attached hydrogens (primary N) is 2. The molecule has 4 nitrogen and oxygen atoms in total. The van der Waals surface area contributed by atoms with Crippen LogP contribution in [0.4, 0.5) is 11.4 Å². The maximum absolute atomic E-state index is 10.4. The second-order valence-electron chi connectivity index (χ2n) is 7.87. The van der Waals surface area contributed by atoms with Gasteiger partial charge >= 0.3 is 5.97 Å². The van der Waals surface area contributed by atoms with Crippen molar-refractivity contribution in [3.63, 3.8) is 0 Å². The van der Waals surface area contributed by atoms with Gasteiger partial charge in [-0.2, -0.15) is 0 Å². The van der Waals surface area contributed by atoms with Crippen LogP contribution < -0.4 is 11.5 Å². The Balaban J connectivity index is 0.000000159. The molecule has 0 spiro atoms. The van der Waals surface area contributed by atoms with Crippen LogP contribution in [0, 0.1) is 0 Å². The predicted molar refractivity (Wildman–Crippen MR) is 123 cm³/mol. The molecule has 0 aromatic heterocycles. The Bertz CT molecular complexity index is 1130. The van der Waals surface area contributed by atoms with Crippen molar-refractivity contribution < 1.29 is 9.90 Å². The van der Waals surface area contributed by atoms with Crippen LogP contribution >= 0.6 is 0 Å². The third kappa shape index (κ3) is 2.96. The van der Waals surface area contributed by atoms with E-state index in [1.807, 2.05) is 0 Å². The fourth-order valence-electron chi connectivity index (χ4n) is 4.88. The zero-order chi connectivity index (χ0) is 21.5. The van der Waals surface area contributed by atoms with Crippen LogP contribution in [-0.4, -0.2) is 11.1 Å². The Kier molecular flexibility index (Phi) is 4.48. The fraction of sp³-hybridized carbons (Fsp3) is 0.0741. The maximum atomic E-state index is 10.4. The zero-order valence-corrected chi connectivity index (χ0v) is 16.8. The van der Waals surface area contributed by atoms with Crippen LogP contribution in [0.1, 0.15) is 55.6 Å². The molecule has 3 aliphatic carbocycles. The van der Waals surface area contributed by atoms with E-state index in [4.69, 9.17) is 16.6 Å². The van der Waals surface area contributed by atoms with Crippen LogP contribution in [0.2, 0.25) is 0 Å². The highest BCUT2D eigenvalue weighted by molar-refractivity contribution is 5.96. The summed E-state index contributed by atoms with van der Waals surface area (Å²) in [5.41, 5.74) is 20.2. The summed E-state index contributed by atoms with van der Waals surface area (Å²) in [6.07, 6.45) is 0. The van der Waals surface area contributed by atoms with Crippen molar-refractivity contribution in [3.05, 3.63) is 130 Å². The predicted octanol–water partition coefficient (Wildman–Crippen LogP) is 5.22. The highest BCUT2D eigenvalue weighted by Crippen LogP contribution is 2.55. The van der Waals surface area contributed by atoms with Gasteiger partial charge in [-0.15, -0.1) is 0 Å². The Morgan fingerprint density at radius 3 is 1.23 bits per heavy atom. The molecule has 0 radical (unpaired) electrons. The summed E-state index contributed by atoms with van der Waals surface area (Å²) < 4.78 is 0. The largest absolute Gasteiger partial charge is 0.478 e. The van der Waals surface area contributed by atoms with E-state index in [1.165, 1.54) is 39.4 Å². The third-order valence-electron chi connectivity index (χ3n) is 6.22. The van der Waals surface area contributed by atoms with E-state index in [-0.39, 0.29) is 11.3 Å². The second-order valence-corrected chi connectivity index (χ2v) is 7.87. The van der Waals surface area contributed by atoms with Gasteiger partial charge in [-0.3, -0.25) is 0 Å². The van der Waals surface area contributed by atoms with Crippen molar-refractivity contribution in [1.82, 2.24) is 0 Å². The number of carbonyl (C=O) groups is 1. The monoisotopic (exact) mass is 406 g/mol. The summed E-state index contributed by atoms with van der Waals surface area (Å²) in [5, 5.41) is 8.55. The Hall–Kier alpha value is -4.05. The molecular formula is C27H22N2O2. The maximum Gasteiger partial charge on any atom is 0.337 e. The number of para-hydroxylation sites is 1. The molecule has 5 N–H and O–H groups in total. The van der Waals surface area contributed by atoms with Gasteiger partial charge in [0, 0.05) is 11.8 Å². The normalized spacial score (nSPS) is 16.9. The van der Waals surface area contributed by atoms with Crippen molar-refractivity contribution in [2.24, 2.45) is 0 Å². The molecule has 4 heteroatoms. The van der Waals surface area contributed by atoms with Crippen molar-refractivity contribution in [2.45, 2.75) is 11.8 Å². The highest BCUT2D eigenvalue weighted by Gasteiger charge is 2.40. The van der Waals surface area contributed by atoms with Crippen molar-refractivity contribution in [2.75, 3.05) is 11.5 Å². The second kappa shape index (κ2) is 7.33. The number of rotatable bonds is 1. The summed E-state index contributed by atoms with van der Waals surface area (Å²) in [6, 6.07) is 31.4. The van der Waals surface area contributed by atoms with Crippen LogP contribution in [0.3, 0.4) is 0 Å². The average Bonchev–Trinajstić information content (AvgIpc) is 2.81. The number of carboxylic acids is 1. The van der Waals surface area contributed by atoms with Crippen LogP contribution in [0.5, 0.6) is 0 Å². The summed E-state index contributed by atoms with van der Waals surface area (Å²) in [4.78, 5) is 10.4. The molecule has 0 fully saturated rings. The van der Waals surface area contributed by atoms with E-state index in [9.17, 15) is 4.79 Å². The highest BCUT2D eigenvalue weighted by atomic mass is 16.4. The van der Waals surface area contributed by atoms with Gasteiger partial charge < -0.3 is 16.6 Å². The molecule has 0 saturated heterocycles. The number of nitrogen functional groups attached to an aromatic ring is 2. The third-order valence-corrected chi connectivity index (χ3v) is 6.22. The number of hydrogen-bond acceptors (Lipinski definition) is 3. The number of carboxylic acid groups (broad SMARTS) is 1. The lowest BCUT2D eigenvalue weighted by Crippen LogP contribution is -2.27. The molecule has 4 aromatic carbocycles. The van der Waals surface area contributed by atoms with Gasteiger partial charge in [0.2, 0.25) is 0 Å². The smallest absolute Gasteiger partial charge is 0.337 e. The van der Waals surface area contributed by atoms with E-state index in [1.54, 1.807) is 12.1 Å². The summed E-state index contributed by atoms with van der Waals surface area (Å²) >= 11 is 0. The standard InChI is InChI=1S/C20H14.C7H8N2O2/c1-2-8-14-13(7-1)19-15-9-3-5-11-17(15)20(14)18-12-6-4-10-16(18)19;8-5-3-1-2-4(6(5)9)7(10)11/h1-12,19-20H;1-3H,8-9H2,(H,10,11). The first-order chi connectivity index (χ1) is 15.1. The molecule has 7 rings (SSSR count). The quantitative estimate of drug-likeness (QED) is 0.327. The molecule has 0 heterocycles. The SMILES string of the molecule is Nc1cccc(C(=O)O)c1N.c1ccc2c(c1)C1c3ccccc3C2c2ccccc21. The molecule has 4 aromatic rings. The van der Waals surface area contributed by atoms with Gasteiger partial charge in [-0.1, -0.05) is 78.9 Å². The molecule has 0 amide bonds. The van der Waals surface area contributed by atoms with Crippen LogP contribution in [0.15, 0.2) is 91.0 Å². The van der Waals surface area contributed by atoms with E-state index in [0.717, 1.165) is 0 Å². The average molecular weight is 406 g/mol. The minimum Gasteiger partial charge on any atom is -0.478 e. The summed E-state index contributed by atoms with van der Waals surface area (Å²) in [6.45, 7) is 0. The summed E-state index contributed by atoms with van der Waals surface area (Å²) in [7, 11) is 0. The molecule has 152 valence electrons. The number of hydrogen-bond donors (Lipinski definition) is 3. The Labute approximate surface area is 180 Å². The van der Waals surface area contributed by atoms with E-state index < -0.39 is 5.97 Å². The first-order valence-electron chi connectivity index (χ1n) is 10.2. The minimum atomic E-state index is -1.06. The summed E-state index contributed by atoms with van der Waals surface area (Å²) in [5.74, 6) is -0.220. The van der Waals surface area contributed by atoms with Gasteiger partial charge in [0.1, 0.15) is 0 Å². The molecular weight excluding hydrogens is 384 g/mol. The minimum absolute atomic E-state index is 0.0463. The van der Waals surface area contributed by atoms with Crippen LogP contribution in [0.25, 0.3) is 0 Å². The lowest BCUT2D eigenvalue weighted by Gasteiger charge is -2.42. The van der Waals surface area contributed by atoms with Gasteiger partial charge in [0.15, 0.2) is 0 Å². The lowest BCUT2D eigenvalue weighted by molar-refractivity contribution is 0.0698. The molecule has 0 aliphatic heterocycles. The first kappa shape index (κ1) is 18.9. The number of aromatic carboxylic acids is 1. The molecule has 2 bridgehead atoms.